The molecule has 1 heterocycles. The molecule has 1 atom stereocenters. The fourth-order valence-electron chi connectivity index (χ4n) is 2.39. The molecule has 0 spiro atoms. The summed E-state index contributed by atoms with van der Waals surface area (Å²) in [5, 5.41) is 4.79. The number of nitrogens with zero attached hydrogens (tertiary/aromatic N) is 2. The van der Waals surface area contributed by atoms with Crippen LogP contribution < -0.4 is 5.73 Å². The lowest BCUT2D eigenvalue weighted by Gasteiger charge is -2.13. The van der Waals surface area contributed by atoms with Gasteiger partial charge in [-0.2, -0.15) is 5.10 Å². The van der Waals surface area contributed by atoms with Crippen LogP contribution >= 0.6 is 11.6 Å². The number of fused-ring (bicyclic) bond motifs is 1. The summed E-state index contributed by atoms with van der Waals surface area (Å²) in [4.78, 5) is 0. The number of benzene rings is 1. The van der Waals surface area contributed by atoms with Gasteiger partial charge in [-0.25, -0.2) is 4.68 Å². The van der Waals surface area contributed by atoms with E-state index in [1.54, 1.807) is 6.20 Å². The monoisotopic (exact) mass is 233 g/mol. The molecule has 0 bridgehead atoms. The van der Waals surface area contributed by atoms with Crippen molar-refractivity contribution in [3.05, 3.63) is 46.6 Å². The van der Waals surface area contributed by atoms with Crippen molar-refractivity contribution >= 4 is 17.4 Å². The molecule has 0 saturated heterocycles. The molecule has 16 heavy (non-hydrogen) atoms. The molecule has 0 radical (unpaired) electrons. The normalized spacial score (nSPS) is 18.7. The molecule has 1 aromatic carbocycles. The van der Waals surface area contributed by atoms with Crippen molar-refractivity contribution in [2.24, 2.45) is 0 Å². The van der Waals surface area contributed by atoms with Crippen LogP contribution in [0.2, 0.25) is 5.02 Å². The summed E-state index contributed by atoms with van der Waals surface area (Å²) in [6.07, 6.45) is 3.73. The summed E-state index contributed by atoms with van der Waals surface area (Å²) >= 11 is 5.93. The smallest absolute Gasteiger partial charge is 0.141 e. The molecule has 1 aliphatic rings. The molecule has 82 valence electrons. The molecule has 2 aromatic rings. The van der Waals surface area contributed by atoms with E-state index in [1.165, 1.54) is 11.1 Å². The quantitative estimate of drug-likeness (QED) is 0.823. The first-order valence-corrected chi connectivity index (χ1v) is 5.71. The fourth-order valence-corrected chi connectivity index (χ4v) is 2.52. The Morgan fingerprint density at radius 1 is 1.38 bits per heavy atom. The third-order valence-electron chi connectivity index (χ3n) is 3.18. The van der Waals surface area contributed by atoms with Gasteiger partial charge in [0.05, 0.1) is 12.2 Å². The van der Waals surface area contributed by atoms with Crippen molar-refractivity contribution in [1.82, 2.24) is 9.78 Å². The SMILES string of the molecule is Nc1c(Cl)cnn1C1CCc2ccccc21. The number of nitrogens with two attached hydrogens (primary N) is 1. The maximum Gasteiger partial charge on any atom is 0.141 e. The second-order valence-corrected chi connectivity index (χ2v) is 4.48. The summed E-state index contributed by atoms with van der Waals surface area (Å²) in [6, 6.07) is 8.67. The summed E-state index contributed by atoms with van der Waals surface area (Å²) < 4.78 is 1.83. The predicted octanol–water partition coefficient (Wildman–Crippen LogP) is 2.65. The van der Waals surface area contributed by atoms with Crippen molar-refractivity contribution < 1.29 is 0 Å². The molecule has 0 amide bonds. The van der Waals surface area contributed by atoms with Crippen molar-refractivity contribution in [2.75, 3.05) is 5.73 Å². The van der Waals surface area contributed by atoms with Crippen LogP contribution in [-0.4, -0.2) is 9.78 Å². The van der Waals surface area contributed by atoms with Gasteiger partial charge in [0.15, 0.2) is 0 Å². The highest BCUT2D eigenvalue weighted by Crippen LogP contribution is 2.36. The second kappa shape index (κ2) is 3.52. The maximum absolute atomic E-state index is 5.93. The van der Waals surface area contributed by atoms with Gasteiger partial charge in [-0.15, -0.1) is 0 Å². The van der Waals surface area contributed by atoms with Gasteiger partial charge in [0, 0.05) is 0 Å². The lowest BCUT2D eigenvalue weighted by molar-refractivity contribution is 0.528. The Balaban J connectivity index is 2.08. The van der Waals surface area contributed by atoms with Gasteiger partial charge in [0.2, 0.25) is 0 Å². The van der Waals surface area contributed by atoms with E-state index in [2.05, 4.69) is 29.4 Å². The van der Waals surface area contributed by atoms with Crippen LogP contribution in [0.1, 0.15) is 23.6 Å². The van der Waals surface area contributed by atoms with Crippen LogP contribution in [0.15, 0.2) is 30.5 Å². The van der Waals surface area contributed by atoms with E-state index in [-0.39, 0.29) is 6.04 Å². The first-order chi connectivity index (χ1) is 7.77. The largest absolute Gasteiger partial charge is 0.383 e. The summed E-state index contributed by atoms with van der Waals surface area (Å²) in [6.45, 7) is 0. The number of halogens is 1. The Morgan fingerprint density at radius 2 is 2.19 bits per heavy atom. The van der Waals surface area contributed by atoms with Crippen LogP contribution in [-0.2, 0) is 6.42 Å². The molecule has 1 aliphatic carbocycles. The van der Waals surface area contributed by atoms with Gasteiger partial charge in [0.25, 0.3) is 0 Å². The summed E-state index contributed by atoms with van der Waals surface area (Å²) in [7, 11) is 0. The standard InChI is InChI=1S/C12H12ClN3/c13-10-7-15-16(12(10)14)11-6-5-8-3-1-2-4-9(8)11/h1-4,7,11H,5-6,14H2. The van der Waals surface area contributed by atoms with Crippen LogP contribution in [0.4, 0.5) is 5.82 Å². The van der Waals surface area contributed by atoms with E-state index in [0.717, 1.165) is 12.8 Å². The minimum atomic E-state index is 0.240. The average Bonchev–Trinajstić information content (AvgIpc) is 2.85. The van der Waals surface area contributed by atoms with Gasteiger partial charge in [-0.3, -0.25) is 0 Å². The lowest BCUT2D eigenvalue weighted by Crippen LogP contribution is -2.11. The minimum Gasteiger partial charge on any atom is -0.383 e. The van der Waals surface area contributed by atoms with E-state index >= 15 is 0 Å². The number of nitrogen functional groups attached to an aromatic ring is 1. The van der Waals surface area contributed by atoms with Gasteiger partial charge < -0.3 is 5.73 Å². The number of aromatic nitrogens is 2. The van der Waals surface area contributed by atoms with Gasteiger partial charge in [0.1, 0.15) is 10.8 Å². The molecular weight excluding hydrogens is 222 g/mol. The Hall–Kier alpha value is -1.48. The van der Waals surface area contributed by atoms with Crippen molar-refractivity contribution in [3.63, 3.8) is 0 Å². The molecule has 0 aliphatic heterocycles. The molecular formula is C12H12ClN3. The summed E-state index contributed by atoms with van der Waals surface area (Å²) in [5.41, 5.74) is 8.61. The van der Waals surface area contributed by atoms with Gasteiger partial charge in [-0.05, 0) is 24.0 Å². The van der Waals surface area contributed by atoms with E-state index in [0.29, 0.717) is 10.8 Å². The Labute approximate surface area is 98.8 Å². The lowest BCUT2D eigenvalue weighted by atomic mass is 10.1. The van der Waals surface area contributed by atoms with E-state index in [1.807, 2.05) is 4.68 Å². The Bertz CT molecular complexity index is 533. The molecule has 4 heteroatoms. The third kappa shape index (κ3) is 1.32. The molecule has 3 rings (SSSR count). The van der Waals surface area contributed by atoms with Crippen LogP contribution in [0, 0.1) is 0 Å². The van der Waals surface area contributed by atoms with Crippen molar-refractivity contribution in [3.8, 4) is 0 Å². The number of hydrogen-bond donors (Lipinski definition) is 1. The minimum absolute atomic E-state index is 0.240. The number of anilines is 1. The third-order valence-corrected chi connectivity index (χ3v) is 3.47. The van der Waals surface area contributed by atoms with E-state index in [9.17, 15) is 0 Å². The maximum atomic E-state index is 5.93. The molecule has 1 aromatic heterocycles. The van der Waals surface area contributed by atoms with Crippen LogP contribution in [0.5, 0.6) is 0 Å². The summed E-state index contributed by atoms with van der Waals surface area (Å²) in [5.74, 6) is 0.559. The molecule has 2 N–H and O–H groups in total. The molecule has 3 nitrogen and oxygen atoms in total. The molecule has 0 saturated carbocycles. The Morgan fingerprint density at radius 3 is 2.94 bits per heavy atom. The highest BCUT2D eigenvalue weighted by Gasteiger charge is 2.25. The highest BCUT2D eigenvalue weighted by atomic mass is 35.5. The predicted molar refractivity (Wildman–Crippen MR) is 64.6 cm³/mol. The van der Waals surface area contributed by atoms with Gasteiger partial charge in [-0.1, -0.05) is 35.9 Å². The zero-order valence-electron chi connectivity index (χ0n) is 8.73. The van der Waals surface area contributed by atoms with Crippen molar-refractivity contribution in [2.45, 2.75) is 18.9 Å². The van der Waals surface area contributed by atoms with Gasteiger partial charge >= 0.3 is 0 Å². The topological polar surface area (TPSA) is 43.8 Å². The number of rotatable bonds is 1. The number of aryl methyl sites for hydroxylation is 1. The number of hydrogen-bond acceptors (Lipinski definition) is 2. The zero-order valence-corrected chi connectivity index (χ0v) is 9.48. The fraction of sp³-hybridized carbons (Fsp3) is 0.250. The van der Waals surface area contributed by atoms with Crippen LogP contribution in [0.3, 0.4) is 0 Å². The van der Waals surface area contributed by atoms with E-state index < -0.39 is 0 Å². The first-order valence-electron chi connectivity index (χ1n) is 5.33. The molecule has 1 unspecified atom stereocenters. The second-order valence-electron chi connectivity index (χ2n) is 4.08. The van der Waals surface area contributed by atoms with Crippen LogP contribution in [0.25, 0.3) is 0 Å². The van der Waals surface area contributed by atoms with E-state index in [4.69, 9.17) is 17.3 Å². The van der Waals surface area contributed by atoms with Crippen molar-refractivity contribution in [1.29, 1.82) is 0 Å². The average molecular weight is 234 g/mol. The first kappa shape index (κ1) is 9.73. The Kier molecular flexibility index (Phi) is 2.14. The molecule has 0 fully saturated rings. The zero-order chi connectivity index (χ0) is 11.1. The highest BCUT2D eigenvalue weighted by molar-refractivity contribution is 6.32.